The zero-order valence-corrected chi connectivity index (χ0v) is 43.8. The third-order valence-corrected chi connectivity index (χ3v) is 15.2. The number of aryl methyl sites for hydroxylation is 1. The lowest BCUT2D eigenvalue weighted by molar-refractivity contribution is 0.479. The Bertz CT molecular complexity index is 4160. The molecule has 0 N–H and O–H groups in total. The van der Waals surface area contributed by atoms with Gasteiger partial charge in [0.15, 0.2) is 0 Å². The maximum atomic E-state index is 14.0. The highest BCUT2D eigenvalue weighted by atomic mass is 19.1. The molecule has 0 saturated carbocycles. The lowest BCUT2D eigenvalue weighted by Crippen LogP contribution is -2.26. The van der Waals surface area contributed by atoms with E-state index < -0.39 is 0 Å². The Hall–Kier alpha value is -8.94. The van der Waals surface area contributed by atoms with E-state index in [9.17, 15) is 4.39 Å². The molecule has 3 aromatic heterocycles. The van der Waals surface area contributed by atoms with E-state index in [4.69, 9.17) is 14.1 Å². The zero-order chi connectivity index (χ0) is 52.0. The molecule has 9 aromatic carbocycles. The predicted octanol–water partition coefficient (Wildman–Crippen LogP) is 19.2. The summed E-state index contributed by atoms with van der Waals surface area (Å²) in [6.45, 7) is 16.3. The topological polar surface area (TPSA) is 46.7 Å². The van der Waals surface area contributed by atoms with E-state index in [-0.39, 0.29) is 16.6 Å². The van der Waals surface area contributed by atoms with Crippen LogP contribution in [0.3, 0.4) is 0 Å². The highest BCUT2D eigenvalue weighted by Crippen LogP contribution is 2.52. The Morgan fingerprint density at radius 3 is 1.79 bits per heavy atom. The number of ether oxygens (including phenoxy) is 1. The van der Waals surface area contributed by atoms with Gasteiger partial charge in [0.1, 0.15) is 41.0 Å². The highest BCUT2D eigenvalue weighted by Gasteiger charge is 2.34. The standard InChI is InChI=1S/C69H57FN4O2/c1-43-34-64(71-41-58(43)46-26-28-49(70)29-27-46)74-61-33-32-54-53-22-14-17-25-63(53)76-67(54)65(61)55-31-30-51(40-62(55)74)75-52-36-47(68(2,3)4)35-50(39-52)72-42-73(60-24-16-15-23-59(60)72)66-56(44-18-10-8-11-19-44)37-48(69(5,6)7)38-57(66)45-20-12-9-13-21-45/h8-41H,42H2,1-7H3. The first-order valence-corrected chi connectivity index (χ1v) is 26.1. The summed E-state index contributed by atoms with van der Waals surface area (Å²) in [7, 11) is 0. The number of hydrogen-bond donors (Lipinski definition) is 0. The number of para-hydroxylation sites is 3. The summed E-state index contributed by atoms with van der Waals surface area (Å²) in [5.74, 6) is 1.91. The summed E-state index contributed by atoms with van der Waals surface area (Å²) >= 11 is 0. The normalized spacial score (nSPS) is 12.9. The Balaban J connectivity index is 0.950. The van der Waals surface area contributed by atoms with Gasteiger partial charge in [0.2, 0.25) is 0 Å². The van der Waals surface area contributed by atoms with Gasteiger partial charge < -0.3 is 19.0 Å². The van der Waals surface area contributed by atoms with Crippen LogP contribution in [0.2, 0.25) is 0 Å². The maximum absolute atomic E-state index is 14.0. The third kappa shape index (κ3) is 8.05. The van der Waals surface area contributed by atoms with Gasteiger partial charge >= 0.3 is 0 Å². The van der Waals surface area contributed by atoms with Crippen LogP contribution in [-0.2, 0) is 10.8 Å². The van der Waals surface area contributed by atoms with Crippen molar-refractivity contribution in [2.24, 2.45) is 0 Å². The molecule has 0 saturated heterocycles. The van der Waals surface area contributed by atoms with Gasteiger partial charge in [0.05, 0.1) is 33.5 Å². The van der Waals surface area contributed by atoms with Crippen molar-refractivity contribution in [1.82, 2.24) is 9.55 Å². The fourth-order valence-electron chi connectivity index (χ4n) is 11.2. The number of pyridine rings is 1. The lowest BCUT2D eigenvalue weighted by atomic mass is 9.82. The number of hydrogen-bond acceptors (Lipinski definition) is 5. The number of nitrogens with zero attached hydrogens (tertiary/aromatic N) is 4. The second-order valence-corrected chi connectivity index (χ2v) is 22.3. The van der Waals surface area contributed by atoms with Gasteiger partial charge in [-0.25, -0.2) is 9.37 Å². The van der Waals surface area contributed by atoms with Gasteiger partial charge in [0.25, 0.3) is 0 Å². The SMILES string of the molecule is Cc1cc(-n2c3cc(Oc4cc(N5CN(c6c(-c7ccccc7)cc(C(C)(C)C)cc6-c6ccccc6)c6ccccc65)cc(C(C)(C)C)c4)ccc3c3c4oc5ccccc5c4ccc32)ncc1-c1ccc(F)cc1. The van der Waals surface area contributed by atoms with Gasteiger partial charge in [-0.05, 0) is 136 Å². The fraction of sp³-hybridized carbons (Fsp3) is 0.145. The Labute approximate surface area is 442 Å². The lowest BCUT2D eigenvalue weighted by Gasteiger charge is -2.30. The van der Waals surface area contributed by atoms with Crippen molar-refractivity contribution < 1.29 is 13.5 Å². The van der Waals surface area contributed by atoms with Crippen molar-refractivity contribution in [2.75, 3.05) is 16.5 Å². The molecular formula is C69H57FN4O2. The molecule has 13 rings (SSSR count). The summed E-state index contributed by atoms with van der Waals surface area (Å²) in [5, 5.41) is 4.15. The van der Waals surface area contributed by atoms with E-state index in [1.807, 2.05) is 18.3 Å². The van der Waals surface area contributed by atoms with Gasteiger partial charge in [-0.15, -0.1) is 0 Å². The van der Waals surface area contributed by atoms with Crippen molar-refractivity contribution >= 4 is 66.5 Å². The van der Waals surface area contributed by atoms with Crippen LogP contribution in [-0.4, -0.2) is 16.2 Å². The van der Waals surface area contributed by atoms with Crippen LogP contribution < -0.4 is 14.5 Å². The van der Waals surface area contributed by atoms with Gasteiger partial charge in [-0.2, -0.15) is 0 Å². The molecule has 0 bridgehead atoms. The summed E-state index contributed by atoms with van der Waals surface area (Å²) in [6, 6.07) is 69.5. The molecule has 4 heterocycles. The molecule has 12 aromatic rings. The molecule has 0 fully saturated rings. The number of anilines is 4. The van der Waals surface area contributed by atoms with E-state index in [1.165, 1.54) is 45.6 Å². The van der Waals surface area contributed by atoms with Crippen molar-refractivity contribution in [3.63, 3.8) is 0 Å². The minimum Gasteiger partial charge on any atom is -0.457 e. The van der Waals surface area contributed by atoms with Crippen molar-refractivity contribution in [1.29, 1.82) is 0 Å². The van der Waals surface area contributed by atoms with Crippen LogP contribution >= 0.6 is 0 Å². The Kier molecular flexibility index (Phi) is 11.0. The number of fused-ring (bicyclic) bond motifs is 8. The van der Waals surface area contributed by atoms with Crippen LogP contribution in [0.5, 0.6) is 11.5 Å². The van der Waals surface area contributed by atoms with Gasteiger partial charge in [0, 0.05) is 56.9 Å². The second-order valence-electron chi connectivity index (χ2n) is 22.3. The van der Waals surface area contributed by atoms with Crippen molar-refractivity contribution in [3.8, 4) is 50.7 Å². The van der Waals surface area contributed by atoms with Crippen molar-refractivity contribution in [3.05, 3.63) is 229 Å². The molecule has 0 radical (unpaired) electrons. The van der Waals surface area contributed by atoms with Gasteiger partial charge in [-0.3, -0.25) is 4.57 Å². The monoisotopic (exact) mass is 992 g/mol. The zero-order valence-electron chi connectivity index (χ0n) is 43.8. The quantitative estimate of drug-likeness (QED) is 0.152. The second kappa shape index (κ2) is 17.9. The number of furan rings is 1. The number of halogens is 1. The summed E-state index contributed by atoms with van der Waals surface area (Å²) in [4.78, 5) is 10.0. The molecule has 1 aliphatic heterocycles. The molecule has 0 aliphatic carbocycles. The fourth-order valence-corrected chi connectivity index (χ4v) is 11.2. The van der Waals surface area contributed by atoms with E-state index in [0.29, 0.717) is 12.4 Å². The molecule has 7 heteroatoms. The summed E-state index contributed by atoms with van der Waals surface area (Å²) < 4.78 is 30.0. The average Bonchev–Trinajstić information content (AvgIpc) is 4.29. The predicted molar refractivity (Wildman–Crippen MR) is 313 cm³/mol. The first kappa shape index (κ1) is 46.8. The number of aromatic nitrogens is 2. The maximum Gasteiger partial charge on any atom is 0.145 e. The number of benzene rings is 9. The first-order chi connectivity index (χ1) is 36.7. The molecule has 0 atom stereocenters. The Morgan fingerprint density at radius 2 is 1.12 bits per heavy atom. The van der Waals surface area contributed by atoms with Gasteiger partial charge in [-0.1, -0.05) is 145 Å². The minimum atomic E-state index is -0.270. The first-order valence-electron chi connectivity index (χ1n) is 26.1. The molecule has 0 spiro atoms. The molecule has 0 unspecified atom stereocenters. The van der Waals surface area contributed by atoms with Crippen molar-refractivity contribution in [2.45, 2.75) is 59.3 Å². The third-order valence-electron chi connectivity index (χ3n) is 15.2. The van der Waals surface area contributed by atoms with E-state index in [1.54, 1.807) is 12.1 Å². The average molecular weight is 993 g/mol. The van der Waals surface area contributed by atoms with E-state index in [2.05, 4.69) is 227 Å². The van der Waals surface area contributed by atoms with E-state index in [0.717, 1.165) is 94.6 Å². The highest BCUT2D eigenvalue weighted by molar-refractivity contribution is 6.24. The summed E-state index contributed by atoms with van der Waals surface area (Å²) in [6.07, 6.45) is 1.89. The van der Waals surface area contributed by atoms with Crippen LogP contribution in [0.25, 0.3) is 82.9 Å². The molecule has 1 aliphatic rings. The molecule has 0 amide bonds. The van der Waals surface area contributed by atoms with Crippen LogP contribution in [0.1, 0.15) is 58.2 Å². The van der Waals surface area contributed by atoms with Crippen LogP contribution in [0.4, 0.5) is 27.1 Å². The van der Waals surface area contributed by atoms with E-state index >= 15 is 0 Å². The molecule has 372 valence electrons. The largest absolute Gasteiger partial charge is 0.457 e. The molecule has 6 nitrogen and oxygen atoms in total. The molecular weight excluding hydrogens is 936 g/mol. The number of rotatable bonds is 8. The molecule has 76 heavy (non-hydrogen) atoms. The van der Waals surface area contributed by atoms with Crippen LogP contribution in [0.15, 0.2) is 211 Å². The summed E-state index contributed by atoms with van der Waals surface area (Å²) in [5.41, 5.74) is 17.8. The van der Waals surface area contributed by atoms with Crippen LogP contribution in [0, 0.1) is 12.7 Å². The smallest absolute Gasteiger partial charge is 0.145 e. The minimum absolute atomic E-state index is 0.0831. The Morgan fingerprint density at radius 1 is 0.513 bits per heavy atom.